The van der Waals surface area contributed by atoms with Crippen LogP contribution in [0.25, 0.3) is 0 Å². The first-order chi connectivity index (χ1) is 8.47. The van der Waals surface area contributed by atoms with Gasteiger partial charge in [0.2, 0.25) is 0 Å². The molecule has 0 atom stereocenters. The summed E-state index contributed by atoms with van der Waals surface area (Å²) in [5.41, 5.74) is 5.39. The lowest BCUT2D eigenvalue weighted by Crippen LogP contribution is -2.31. The topological polar surface area (TPSA) is 89.3 Å². The Morgan fingerprint density at radius 2 is 2.28 bits per heavy atom. The molecule has 18 heavy (non-hydrogen) atoms. The molecule has 6 nitrogen and oxygen atoms in total. The fourth-order valence-corrected chi connectivity index (χ4v) is 2.39. The molecule has 0 unspecified atom stereocenters. The summed E-state index contributed by atoms with van der Waals surface area (Å²) < 4.78 is 1.91. The number of aromatic nitrogens is 3. The fraction of sp³-hybridized carbons (Fsp3) is 0.727. The number of oxime groups is 1. The van der Waals surface area contributed by atoms with Crippen molar-refractivity contribution in [3.8, 4) is 0 Å². The summed E-state index contributed by atoms with van der Waals surface area (Å²) in [5, 5.41) is 20.5. The van der Waals surface area contributed by atoms with Gasteiger partial charge in [-0.2, -0.15) is 0 Å². The van der Waals surface area contributed by atoms with Gasteiger partial charge in [0.15, 0.2) is 5.16 Å². The van der Waals surface area contributed by atoms with E-state index in [2.05, 4.69) is 15.4 Å². The van der Waals surface area contributed by atoms with E-state index in [9.17, 15) is 0 Å². The Kier molecular flexibility index (Phi) is 5.46. The van der Waals surface area contributed by atoms with E-state index in [-0.39, 0.29) is 5.41 Å². The Morgan fingerprint density at radius 1 is 1.56 bits per heavy atom. The standard InChI is InChI=1S/C11H21N5OS/c1-11(2,9(12)15-17)6-4-5-7-18-10-14-13-8-16(10)3/h8,17H,4-7H2,1-3H3,(H2,12,15). The van der Waals surface area contributed by atoms with Crippen LogP contribution in [0.2, 0.25) is 0 Å². The van der Waals surface area contributed by atoms with E-state index in [0.717, 1.165) is 30.2 Å². The first kappa shape index (κ1) is 14.8. The summed E-state index contributed by atoms with van der Waals surface area (Å²) in [5.74, 6) is 1.29. The second-order valence-corrected chi connectivity index (χ2v) is 5.96. The van der Waals surface area contributed by atoms with E-state index >= 15 is 0 Å². The molecule has 0 radical (unpaired) electrons. The van der Waals surface area contributed by atoms with Crippen LogP contribution in [0, 0.1) is 5.41 Å². The van der Waals surface area contributed by atoms with E-state index in [0.29, 0.717) is 5.84 Å². The van der Waals surface area contributed by atoms with Crippen molar-refractivity contribution in [2.24, 2.45) is 23.4 Å². The molecule has 1 rings (SSSR count). The van der Waals surface area contributed by atoms with Crippen LogP contribution < -0.4 is 5.73 Å². The van der Waals surface area contributed by atoms with Crippen molar-refractivity contribution in [3.63, 3.8) is 0 Å². The summed E-state index contributed by atoms with van der Waals surface area (Å²) in [4.78, 5) is 0. The number of nitrogens with zero attached hydrogens (tertiary/aromatic N) is 4. The van der Waals surface area contributed by atoms with Gasteiger partial charge in [0.1, 0.15) is 12.2 Å². The second-order valence-electron chi connectivity index (χ2n) is 4.90. The Bertz CT molecular complexity index is 402. The van der Waals surface area contributed by atoms with Crippen LogP contribution in [0.3, 0.4) is 0 Å². The van der Waals surface area contributed by atoms with Crippen LogP contribution >= 0.6 is 11.8 Å². The largest absolute Gasteiger partial charge is 0.409 e. The highest BCUT2D eigenvalue weighted by molar-refractivity contribution is 7.99. The Balaban J connectivity index is 2.22. The zero-order valence-corrected chi connectivity index (χ0v) is 11.9. The van der Waals surface area contributed by atoms with Crippen LogP contribution in [0.15, 0.2) is 16.6 Å². The molecule has 0 amide bonds. The molecule has 0 saturated heterocycles. The van der Waals surface area contributed by atoms with Crippen LogP contribution in [-0.4, -0.2) is 31.6 Å². The van der Waals surface area contributed by atoms with Gasteiger partial charge in [0.25, 0.3) is 0 Å². The fourth-order valence-electron chi connectivity index (χ4n) is 1.50. The van der Waals surface area contributed by atoms with Crippen molar-refractivity contribution in [3.05, 3.63) is 6.33 Å². The number of unbranched alkanes of at least 4 members (excludes halogenated alkanes) is 1. The van der Waals surface area contributed by atoms with Crippen molar-refractivity contribution in [2.45, 2.75) is 38.3 Å². The number of nitrogens with two attached hydrogens (primary N) is 1. The maximum absolute atomic E-state index is 8.67. The third-order valence-electron chi connectivity index (χ3n) is 2.90. The number of thioether (sulfide) groups is 1. The summed E-state index contributed by atoms with van der Waals surface area (Å²) in [6, 6.07) is 0. The van der Waals surface area contributed by atoms with Gasteiger partial charge in [-0.1, -0.05) is 37.2 Å². The summed E-state index contributed by atoms with van der Waals surface area (Å²) in [7, 11) is 1.93. The lowest BCUT2D eigenvalue weighted by Gasteiger charge is -2.22. The molecule has 0 aromatic carbocycles. The first-order valence-electron chi connectivity index (χ1n) is 5.92. The van der Waals surface area contributed by atoms with E-state index in [1.165, 1.54) is 0 Å². The van der Waals surface area contributed by atoms with Crippen LogP contribution in [0.5, 0.6) is 0 Å². The Labute approximate surface area is 112 Å². The third-order valence-corrected chi connectivity index (χ3v) is 4.02. The highest BCUT2D eigenvalue weighted by Crippen LogP contribution is 2.24. The Hall–Kier alpha value is -1.24. The molecule has 0 aliphatic carbocycles. The number of aryl methyl sites for hydroxylation is 1. The van der Waals surface area contributed by atoms with Gasteiger partial charge < -0.3 is 15.5 Å². The molecule has 1 heterocycles. The van der Waals surface area contributed by atoms with Gasteiger partial charge in [-0.15, -0.1) is 10.2 Å². The van der Waals surface area contributed by atoms with E-state index in [1.54, 1.807) is 18.1 Å². The molecule has 0 bridgehead atoms. The minimum atomic E-state index is -0.246. The molecule has 1 aromatic heterocycles. The monoisotopic (exact) mass is 271 g/mol. The molecule has 0 spiro atoms. The highest BCUT2D eigenvalue weighted by Gasteiger charge is 2.22. The zero-order chi connectivity index (χ0) is 13.6. The van der Waals surface area contributed by atoms with Crippen LogP contribution in [0.1, 0.15) is 33.1 Å². The summed E-state index contributed by atoms with van der Waals surface area (Å²) in [6.07, 6.45) is 4.71. The predicted octanol–water partition coefficient (Wildman–Crippen LogP) is 1.85. The summed E-state index contributed by atoms with van der Waals surface area (Å²) in [6.45, 7) is 3.97. The smallest absolute Gasteiger partial charge is 0.190 e. The maximum Gasteiger partial charge on any atom is 0.190 e. The number of hydrogen-bond acceptors (Lipinski definition) is 5. The number of amidine groups is 1. The average Bonchev–Trinajstić information content (AvgIpc) is 2.73. The van der Waals surface area contributed by atoms with E-state index < -0.39 is 0 Å². The van der Waals surface area contributed by atoms with Gasteiger partial charge >= 0.3 is 0 Å². The lowest BCUT2D eigenvalue weighted by atomic mass is 9.86. The highest BCUT2D eigenvalue weighted by atomic mass is 32.2. The van der Waals surface area contributed by atoms with Crippen molar-refractivity contribution in [1.82, 2.24) is 14.8 Å². The van der Waals surface area contributed by atoms with Gasteiger partial charge in [0.05, 0.1) is 0 Å². The zero-order valence-electron chi connectivity index (χ0n) is 11.1. The summed E-state index contributed by atoms with van der Waals surface area (Å²) >= 11 is 1.70. The minimum Gasteiger partial charge on any atom is -0.409 e. The molecule has 0 saturated carbocycles. The van der Waals surface area contributed by atoms with Gasteiger partial charge in [-0.05, 0) is 12.8 Å². The average molecular weight is 271 g/mol. The lowest BCUT2D eigenvalue weighted by molar-refractivity contribution is 0.304. The van der Waals surface area contributed by atoms with Crippen LogP contribution in [0.4, 0.5) is 0 Å². The van der Waals surface area contributed by atoms with Crippen molar-refractivity contribution < 1.29 is 5.21 Å². The first-order valence-corrected chi connectivity index (χ1v) is 6.91. The van der Waals surface area contributed by atoms with E-state index in [1.807, 2.05) is 25.5 Å². The normalized spacial score (nSPS) is 12.9. The van der Waals surface area contributed by atoms with Crippen molar-refractivity contribution in [1.29, 1.82) is 0 Å². The quantitative estimate of drug-likeness (QED) is 0.197. The molecular formula is C11H21N5OS. The molecule has 3 N–H and O–H groups in total. The maximum atomic E-state index is 8.67. The molecule has 0 fully saturated rings. The molecule has 1 aromatic rings. The van der Waals surface area contributed by atoms with Gasteiger partial charge in [-0.25, -0.2) is 0 Å². The molecule has 102 valence electrons. The molecule has 0 aliphatic heterocycles. The van der Waals surface area contributed by atoms with E-state index in [4.69, 9.17) is 10.9 Å². The van der Waals surface area contributed by atoms with Gasteiger partial charge in [0, 0.05) is 18.2 Å². The molecule has 0 aliphatic rings. The van der Waals surface area contributed by atoms with Crippen LogP contribution in [-0.2, 0) is 7.05 Å². The number of rotatable bonds is 7. The van der Waals surface area contributed by atoms with Crippen molar-refractivity contribution in [2.75, 3.05) is 5.75 Å². The van der Waals surface area contributed by atoms with Crippen molar-refractivity contribution >= 4 is 17.6 Å². The third kappa shape index (κ3) is 4.21. The SMILES string of the molecule is Cn1cnnc1SCCCCC(C)(C)C(N)=NO. The number of hydrogen-bond donors (Lipinski definition) is 2. The minimum absolute atomic E-state index is 0.246. The predicted molar refractivity (Wildman–Crippen MR) is 72.8 cm³/mol. The second kappa shape index (κ2) is 6.63. The molecule has 7 heteroatoms. The molecular weight excluding hydrogens is 250 g/mol. The Morgan fingerprint density at radius 3 is 2.83 bits per heavy atom. The van der Waals surface area contributed by atoms with Gasteiger partial charge in [-0.3, -0.25) is 0 Å².